The van der Waals surface area contributed by atoms with Gasteiger partial charge in [0.1, 0.15) is 11.5 Å². The first-order valence-electron chi connectivity index (χ1n) is 13.4. The van der Waals surface area contributed by atoms with Crippen molar-refractivity contribution in [1.82, 2.24) is 0 Å². The van der Waals surface area contributed by atoms with Crippen molar-refractivity contribution in [3.05, 3.63) is 58.7 Å². The molecule has 2 aromatic rings. The summed E-state index contributed by atoms with van der Waals surface area (Å²) in [5, 5.41) is 0. The molecule has 176 valence electrons. The minimum Gasteiger partial charge on any atom is -0.457 e. The largest absolute Gasteiger partial charge is 0.457 e. The van der Waals surface area contributed by atoms with Crippen LogP contribution in [0.4, 0.5) is 0 Å². The van der Waals surface area contributed by atoms with E-state index in [0.29, 0.717) is 24.4 Å². The highest BCUT2D eigenvalue weighted by Gasteiger charge is 2.44. The van der Waals surface area contributed by atoms with Crippen LogP contribution in [0.2, 0.25) is 0 Å². The maximum atomic E-state index is 6.69. The molecule has 33 heavy (non-hydrogen) atoms. The first-order chi connectivity index (χ1) is 16.2. The minimum atomic E-state index is 0.546. The third kappa shape index (κ3) is 4.59. The summed E-state index contributed by atoms with van der Waals surface area (Å²) in [6.45, 7) is 4.53. The maximum Gasteiger partial charge on any atom is 0.130 e. The van der Waals surface area contributed by atoms with Crippen LogP contribution in [-0.4, -0.2) is 24.4 Å². The Morgan fingerprint density at radius 1 is 0.667 bits per heavy atom. The zero-order chi connectivity index (χ0) is 22.4. The fourth-order valence-electron chi connectivity index (χ4n) is 6.68. The summed E-state index contributed by atoms with van der Waals surface area (Å²) in [4.78, 5) is 0. The Morgan fingerprint density at radius 3 is 1.58 bits per heavy atom. The van der Waals surface area contributed by atoms with Gasteiger partial charge in [-0.3, -0.25) is 0 Å². The molecule has 4 fully saturated rings. The van der Waals surface area contributed by atoms with Crippen molar-refractivity contribution in [3.63, 3.8) is 0 Å². The maximum absolute atomic E-state index is 6.69. The molecule has 0 aromatic heterocycles. The monoisotopic (exact) mass is 446 g/mol. The van der Waals surface area contributed by atoms with E-state index in [1.165, 1.54) is 60.8 Å². The van der Waals surface area contributed by atoms with Gasteiger partial charge in [0.2, 0.25) is 0 Å². The van der Waals surface area contributed by atoms with Crippen LogP contribution in [0.15, 0.2) is 36.4 Å². The minimum absolute atomic E-state index is 0.546. The predicted molar refractivity (Wildman–Crippen MR) is 131 cm³/mol. The van der Waals surface area contributed by atoms with Crippen molar-refractivity contribution < 1.29 is 14.2 Å². The molecule has 0 bridgehead atoms. The molecule has 6 rings (SSSR count). The molecule has 2 saturated carbocycles. The second kappa shape index (κ2) is 9.07. The Hall–Kier alpha value is -1.84. The highest BCUT2D eigenvalue weighted by atomic mass is 16.6. The van der Waals surface area contributed by atoms with Gasteiger partial charge in [0.25, 0.3) is 0 Å². The normalized spacial score (nSPS) is 32.1. The van der Waals surface area contributed by atoms with E-state index >= 15 is 0 Å². The fourth-order valence-corrected chi connectivity index (χ4v) is 6.68. The highest BCUT2D eigenvalue weighted by Crippen LogP contribution is 2.43. The Bertz CT molecular complexity index is 919. The topological polar surface area (TPSA) is 34.3 Å². The lowest BCUT2D eigenvalue weighted by Crippen LogP contribution is -2.16. The van der Waals surface area contributed by atoms with Crippen LogP contribution in [-0.2, 0) is 35.2 Å². The molecule has 2 aromatic carbocycles. The third-order valence-electron chi connectivity index (χ3n) is 8.63. The molecule has 6 atom stereocenters. The first kappa shape index (κ1) is 21.7. The molecule has 2 aliphatic heterocycles. The van der Waals surface area contributed by atoms with Crippen LogP contribution in [0, 0.1) is 11.8 Å². The van der Waals surface area contributed by atoms with E-state index in [-0.39, 0.29) is 0 Å². The molecule has 0 radical (unpaired) electrons. The van der Waals surface area contributed by atoms with Crippen LogP contribution in [0.5, 0.6) is 11.5 Å². The van der Waals surface area contributed by atoms with E-state index in [0.717, 1.165) is 49.0 Å². The van der Waals surface area contributed by atoms with Crippen LogP contribution in [0.3, 0.4) is 0 Å². The summed E-state index contributed by atoms with van der Waals surface area (Å²) in [7, 11) is 0. The third-order valence-corrected chi connectivity index (χ3v) is 8.63. The van der Waals surface area contributed by atoms with E-state index in [1.54, 1.807) is 0 Å². The smallest absolute Gasteiger partial charge is 0.130 e. The summed E-state index contributed by atoms with van der Waals surface area (Å²) >= 11 is 0. The molecule has 6 unspecified atom stereocenters. The van der Waals surface area contributed by atoms with Crippen molar-refractivity contribution in [3.8, 4) is 11.5 Å². The molecule has 2 aliphatic carbocycles. The molecule has 3 heteroatoms. The highest BCUT2D eigenvalue weighted by molar-refractivity contribution is 5.47. The number of hydrogen-bond donors (Lipinski definition) is 0. The second-order valence-corrected chi connectivity index (χ2v) is 10.8. The molecule has 3 nitrogen and oxygen atoms in total. The first-order valence-corrected chi connectivity index (χ1v) is 13.4. The number of hydrogen-bond acceptors (Lipinski definition) is 3. The summed E-state index contributed by atoms with van der Waals surface area (Å²) in [5.74, 6) is 3.58. The van der Waals surface area contributed by atoms with Gasteiger partial charge >= 0.3 is 0 Å². The lowest BCUT2D eigenvalue weighted by atomic mass is 9.83. The van der Waals surface area contributed by atoms with Crippen LogP contribution >= 0.6 is 0 Å². The van der Waals surface area contributed by atoms with E-state index < -0.39 is 0 Å². The van der Waals surface area contributed by atoms with Crippen LogP contribution in [0.1, 0.15) is 74.6 Å². The molecule has 2 saturated heterocycles. The van der Waals surface area contributed by atoms with Gasteiger partial charge in [-0.25, -0.2) is 0 Å². The van der Waals surface area contributed by atoms with Gasteiger partial charge in [-0.05, 0) is 110 Å². The fraction of sp³-hybridized carbons (Fsp3) is 0.600. The van der Waals surface area contributed by atoms with E-state index in [4.69, 9.17) is 14.2 Å². The molecule has 4 aliphatic rings. The number of ether oxygens (including phenoxy) is 3. The number of epoxide rings is 2. The van der Waals surface area contributed by atoms with Gasteiger partial charge in [-0.1, -0.05) is 38.1 Å². The second-order valence-electron chi connectivity index (χ2n) is 10.8. The van der Waals surface area contributed by atoms with E-state index in [1.807, 2.05) is 0 Å². The quantitative estimate of drug-likeness (QED) is 0.417. The predicted octanol–water partition coefficient (Wildman–Crippen LogP) is 6.82. The van der Waals surface area contributed by atoms with Gasteiger partial charge < -0.3 is 14.2 Å². The van der Waals surface area contributed by atoms with Crippen molar-refractivity contribution >= 4 is 0 Å². The number of rotatable bonds is 8. The molecule has 2 heterocycles. The van der Waals surface area contributed by atoms with Crippen molar-refractivity contribution in [2.24, 2.45) is 11.8 Å². The molecule has 0 spiro atoms. The van der Waals surface area contributed by atoms with Gasteiger partial charge in [0.15, 0.2) is 0 Å². The standard InChI is InChI=1S/C30H38O3/c1-3-23-21(15-19-11-13-27-29(17-19)32-27)7-5-9-25(23)31-26-10-6-8-22(24(26)4-2)16-20-12-14-28-30(18-20)33-28/h5-10,19-20,27-30H,3-4,11-18H2,1-2H3. The zero-order valence-corrected chi connectivity index (χ0v) is 20.2. The van der Waals surface area contributed by atoms with Gasteiger partial charge in [0.05, 0.1) is 24.4 Å². The van der Waals surface area contributed by atoms with E-state index in [9.17, 15) is 0 Å². The van der Waals surface area contributed by atoms with E-state index in [2.05, 4.69) is 50.2 Å². The van der Waals surface area contributed by atoms with Crippen molar-refractivity contribution in [1.29, 1.82) is 0 Å². The Kier molecular flexibility index (Phi) is 5.96. The zero-order valence-electron chi connectivity index (χ0n) is 20.2. The molecule has 0 N–H and O–H groups in total. The van der Waals surface area contributed by atoms with Gasteiger partial charge in [0, 0.05) is 0 Å². The summed E-state index contributed by atoms with van der Waals surface area (Å²) in [5.41, 5.74) is 5.70. The summed E-state index contributed by atoms with van der Waals surface area (Å²) in [6.07, 6.45) is 14.1. The van der Waals surface area contributed by atoms with Crippen LogP contribution in [0.25, 0.3) is 0 Å². The van der Waals surface area contributed by atoms with Crippen LogP contribution < -0.4 is 4.74 Å². The molecular formula is C30H38O3. The van der Waals surface area contributed by atoms with Gasteiger partial charge in [-0.2, -0.15) is 0 Å². The molecule has 0 amide bonds. The van der Waals surface area contributed by atoms with Gasteiger partial charge in [-0.15, -0.1) is 0 Å². The summed E-state index contributed by atoms with van der Waals surface area (Å²) in [6, 6.07) is 13.3. The average molecular weight is 447 g/mol. The van der Waals surface area contributed by atoms with Crippen molar-refractivity contribution in [2.45, 2.75) is 102 Å². The Balaban J connectivity index is 1.21. The average Bonchev–Trinajstić information content (AvgIpc) is 3.74. The number of benzene rings is 2. The van der Waals surface area contributed by atoms with Crippen molar-refractivity contribution in [2.75, 3.05) is 0 Å². The Morgan fingerprint density at radius 2 is 1.15 bits per heavy atom. The Labute approximate surface area is 198 Å². The molecular weight excluding hydrogens is 408 g/mol. The summed E-state index contributed by atoms with van der Waals surface area (Å²) < 4.78 is 18.2. The lowest BCUT2D eigenvalue weighted by Gasteiger charge is -2.23. The number of fused-ring (bicyclic) bond motifs is 2. The SMILES string of the molecule is CCc1c(CC2CCC3OC3C2)cccc1Oc1cccc(CC2CCC3OC3C2)c1CC. The lowest BCUT2D eigenvalue weighted by molar-refractivity contribution is 0.360.